The molecule has 20 heavy (non-hydrogen) atoms. The molecule has 108 valence electrons. The van der Waals surface area contributed by atoms with Gasteiger partial charge < -0.3 is 5.11 Å². The van der Waals surface area contributed by atoms with Crippen LogP contribution in [0.15, 0.2) is 24.3 Å². The summed E-state index contributed by atoms with van der Waals surface area (Å²) >= 11 is 0. The highest BCUT2D eigenvalue weighted by Crippen LogP contribution is 2.18. The molecular weight excluding hydrogens is 256 g/mol. The first kappa shape index (κ1) is 14.8. The molecule has 0 aliphatic carbocycles. The van der Waals surface area contributed by atoms with Gasteiger partial charge in [0, 0.05) is 25.9 Å². The average molecular weight is 276 g/mol. The van der Waals surface area contributed by atoms with Crippen LogP contribution in [0.3, 0.4) is 0 Å². The van der Waals surface area contributed by atoms with Gasteiger partial charge in [0.15, 0.2) is 6.29 Å². The second-order valence-corrected chi connectivity index (χ2v) is 5.18. The van der Waals surface area contributed by atoms with Crippen LogP contribution in [0.5, 0.6) is 0 Å². The second-order valence-electron chi connectivity index (χ2n) is 5.18. The number of aliphatic hydroxyl groups is 1. The maximum atomic E-state index is 11.8. The number of hydrogen-bond donors (Lipinski definition) is 2. The Bertz CT molecular complexity index is 473. The van der Waals surface area contributed by atoms with Crippen LogP contribution in [0, 0.1) is 6.92 Å². The van der Waals surface area contributed by atoms with Crippen LogP contribution >= 0.6 is 0 Å². The van der Waals surface area contributed by atoms with E-state index in [2.05, 4.69) is 5.32 Å². The number of ketones is 1. The smallest absolute Gasteiger partial charge is 0.213 e. The van der Waals surface area contributed by atoms with E-state index in [-0.39, 0.29) is 12.6 Å². The van der Waals surface area contributed by atoms with Crippen LogP contribution < -0.4 is 5.32 Å². The number of aryl methyl sites for hydroxylation is 1. The van der Waals surface area contributed by atoms with Crippen molar-refractivity contribution in [1.82, 2.24) is 10.2 Å². The largest absolute Gasteiger partial charge is 0.396 e. The molecular formula is C15H20N2O3. The summed E-state index contributed by atoms with van der Waals surface area (Å²) in [6.07, 6.45) is 0.846. The number of Topliss-reactive ketones (excluding diaryl/α,β-unsaturated/α-hetero) is 1. The highest BCUT2D eigenvalue weighted by atomic mass is 16.3. The molecule has 1 heterocycles. The fourth-order valence-electron chi connectivity index (χ4n) is 2.63. The van der Waals surface area contributed by atoms with E-state index < -0.39 is 11.8 Å². The Morgan fingerprint density at radius 2 is 2.15 bits per heavy atom. The highest BCUT2D eigenvalue weighted by Gasteiger charge is 2.38. The molecule has 0 spiro atoms. The Morgan fingerprint density at radius 1 is 1.45 bits per heavy atom. The van der Waals surface area contributed by atoms with Gasteiger partial charge in [-0.25, -0.2) is 0 Å². The van der Waals surface area contributed by atoms with E-state index in [4.69, 9.17) is 5.11 Å². The Balaban J connectivity index is 2.11. The molecule has 1 aliphatic heterocycles. The third-order valence-corrected chi connectivity index (χ3v) is 3.69. The first-order valence-corrected chi connectivity index (χ1v) is 6.78. The van der Waals surface area contributed by atoms with Crippen molar-refractivity contribution < 1.29 is 14.7 Å². The van der Waals surface area contributed by atoms with Gasteiger partial charge >= 0.3 is 0 Å². The van der Waals surface area contributed by atoms with Gasteiger partial charge in [0.05, 0.1) is 6.04 Å². The number of carbonyl (C=O) groups is 2. The van der Waals surface area contributed by atoms with Gasteiger partial charge in [-0.15, -0.1) is 0 Å². The van der Waals surface area contributed by atoms with Crippen LogP contribution in [-0.2, 0) is 16.1 Å². The van der Waals surface area contributed by atoms with Crippen LogP contribution in [-0.4, -0.2) is 47.4 Å². The second kappa shape index (κ2) is 6.74. The van der Waals surface area contributed by atoms with Crippen molar-refractivity contribution in [1.29, 1.82) is 0 Å². The molecule has 0 aromatic heterocycles. The van der Waals surface area contributed by atoms with Crippen molar-refractivity contribution in [2.45, 2.75) is 32.0 Å². The highest BCUT2D eigenvalue weighted by molar-refractivity contribution is 6.27. The zero-order valence-corrected chi connectivity index (χ0v) is 11.6. The lowest BCUT2D eigenvalue weighted by molar-refractivity contribution is -0.133. The summed E-state index contributed by atoms with van der Waals surface area (Å²) in [5.74, 6) is -0.430. The fourth-order valence-corrected chi connectivity index (χ4v) is 2.63. The van der Waals surface area contributed by atoms with Crippen molar-refractivity contribution in [3.05, 3.63) is 35.4 Å². The minimum Gasteiger partial charge on any atom is -0.396 e. The number of hydrogen-bond acceptors (Lipinski definition) is 5. The molecule has 0 bridgehead atoms. The summed E-state index contributed by atoms with van der Waals surface area (Å²) in [4.78, 5) is 24.6. The molecule has 1 fully saturated rings. The monoisotopic (exact) mass is 276 g/mol. The first-order valence-electron chi connectivity index (χ1n) is 6.78. The molecule has 1 saturated heterocycles. The SMILES string of the molecule is Cc1ccc(CN2CNC(CCO)C2C(=O)C=O)cc1. The maximum Gasteiger partial charge on any atom is 0.213 e. The molecule has 0 amide bonds. The molecule has 1 aromatic rings. The third-order valence-electron chi connectivity index (χ3n) is 3.69. The number of carbonyl (C=O) groups excluding carboxylic acids is 2. The number of nitrogens with zero attached hydrogens (tertiary/aromatic N) is 1. The van der Waals surface area contributed by atoms with Crippen LogP contribution in [0.25, 0.3) is 0 Å². The number of nitrogens with one attached hydrogen (secondary N) is 1. The Labute approximate surface area is 118 Å². The van der Waals surface area contributed by atoms with Gasteiger partial charge in [0.2, 0.25) is 5.78 Å². The first-order chi connectivity index (χ1) is 9.65. The lowest BCUT2D eigenvalue weighted by Gasteiger charge is -2.23. The molecule has 0 radical (unpaired) electrons. The number of rotatable bonds is 6. The zero-order valence-electron chi connectivity index (χ0n) is 11.6. The van der Waals surface area contributed by atoms with E-state index in [9.17, 15) is 9.59 Å². The number of aliphatic hydroxyl groups excluding tert-OH is 1. The van der Waals surface area contributed by atoms with E-state index in [0.29, 0.717) is 25.9 Å². The lowest BCUT2D eigenvalue weighted by Crippen LogP contribution is -2.43. The van der Waals surface area contributed by atoms with E-state index >= 15 is 0 Å². The Kier molecular flexibility index (Phi) is 5.00. The molecule has 1 aliphatic rings. The van der Waals surface area contributed by atoms with Gasteiger partial charge in [0.25, 0.3) is 0 Å². The van der Waals surface area contributed by atoms with Crippen LogP contribution in [0.2, 0.25) is 0 Å². The summed E-state index contributed by atoms with van der Waals surface area (Å²) in [7, 11) is 0. The summed E-state index contributed by atoms with van der Waals surface area (Å²) < 4.78 is 0. The van der Waals surface area contributed by atoms with Crippen molar-refractivity contribution in [3.63, 3.8) is 0 Å². The van der Waals surface area contributed by atoms with E-state index in [1.54, 1.807) is 0 Å². The molecule has 2 atom stereocenters. The molecule has 2 unspecified atom stereocenters. The molecule has 2 rings (SSSR count). The van der Waals surface area contributed by atoms with Crippen molar-refractivity contribution >= 4 is 12.1 Å². The topological polar surface area (TPSA) is 69.6 Å². The Hall–Kier alpha value is -1.56. The zero-order chi connectivity index (χ0) is 14.5. The lowest BCUT2D eigenvalue weighted by atomic mass is 10.0. The summed E-state index contributed by atoms with van der Waals surface area (Å²) in [6, 6.07) is 7.46. The predicted molar refractivity (Wildman–Crippen MR) is 75.1 cm³/mol. The maximum absolute atomic E-state index is 11.8. The van der Waals surface area contributed by atoms with Gasteiger partial charge in [-0.1, -0.05) is 29.8 Å². The minimum atomic E-state index is -0.485. The number of aldehydes is 1. The fraction of sp³-hybridized carbons (Fsp3) is 0.467. The predicted octanol–water partition coefficient (Wildman–Crippen LogP) is 0.245. The standard InChI is InChI=1S/C15H20N2O3/c1-11-2-4-12(5-3-11)8-17-10-16-13(6-7-18)15(17)14(20)9-19/h2-5,9,13,15-16,18H,6-8,10H2,1H3. The normalized spacial score (nSPS) is 22.9. The van der Waals surface area contributed by atoms with Crippen molar-refractivity contribution in [3.8, 4) is 0 Å². The molecule has 5 heteroatoms. The molecule has 2 N–H and O–H groups in total. The summed E-state index contributed by atoms with van der Waals surface area (Å²) in [5.41, 5.74) is 2.29. The number of benzene rings is 1. The molecule has 0 saturated carbocycles. The van der Waals surface area contributed by atoms with E-state index in [1.165, 1.54) is 5.56 Å². The average Bonchev–Trinajstić information content (AvgIpc) is 2.84. The van der Waals surface area contributed by atoms with Crippen molar-refractivity contribution in [2.24, 2.45) is 0 Å². The van der Waals surface area contributed by atoms with E-state index in [1.807, 2.05) is 36.1 Å². The quantitative estimate of drug-likeness (QED) is 0.575. The minimum absolute atomic E-state index is 0.00131. The Morgan fingerprint density at radius 3 is 2.75 bits per heavy atom. The van der Waals surface area contributed by atoms with Crippen LogP contribution in [0.1, 0.15) is 17.5 Å². The summed E-state index contributed by atoms with van der Waals surface area (Å²) in [6.45, 7) is 3.18. The van der Waals surface area contributed by atoms with Gasteiger partial charge in [0.1, 0.15) is 0 Å². The molecule has 5 nitrogen and oxygen atoms in total. The van der Waals surface area contributed by atoms with Gasteiger partial charge in [-0.3, -0.25) is 19.8 Å². The molecule has 1 aromatic carbocycles. The third kappa shape index (κ3) is 3.30. The van der Waals surface area contributed by atoms with Gasteiger partial charge in [-0.2, -0.15) is 0 Å². The summed E-state index contributed by atoms with van der Waals surface area (Å²) in [5, 5.41) is 12.2. The van der Waals surface area contributed by atoms with Crippen LogP contribution in [0.4, 0.5) is 0 Å². The van der Waals surface area contributed by atoms with Gasteiger partial charge in [-0.05, 0) is 18.9 Å². The van der Waals surface area contributed by atoms with E-state index in [0.717, 1.165) is 5.56 Å². The van der Waals surface area contributed by atoms with Crippen molar-refractivity contribution in [2.75, 3.05) is 13.3 Å².